The average molecular weight is 257 g/mol. The molecule has 0 aliphatic carbocycles. The summed E-state index contributed by atoms with van der Waals surface area (Å²) in [5, 5.41) is 9.73. The van der Waals surface area contributed by atoms with Gasteiger partial charge in [0, 0.05) is 7.05 Å². The Morgan fingerprint density at radius 3 is 2.78 bits per heavy atom. The highest BCUT2D eigenvalue weighted by Crippen LogP contribution is 2.52. The van der Waals surface area contributed by atoms with Crippen molar-refractivity contribution in [2.24, 2.45) is 5.92 Å². The molecule has 2 rings (SSSR count). The molecule has 0 saturated carbocycles. The van der Waals surface area contributed by atoms with Gasteiger partial charge in [-0.3, -0.25) is 4.79 Å². The molecule has 0 aromatic heterocycles. The lowest BCUT2D eigenvalue weighted by Gasteiger charge is -2.41. The zero-order valence-corrected chi connectivity index (χ0v) is 11.1. The van der Waals surface area contributed by atoms with Crippen LogP contribution < -0.4 is 0 Å². The minimum Gasteiger partial charge on any atom is -0.467 e. The van der Waals surface area contributed by atoms with E-state index in [1.165, 1.54) is 19.1 Å². The van der Waals surface area contributed by atoms with Crippen molar-refractivity contribution in [1.29, 1.82) is 0 Å². The third kappa shape index (κ3) is 1.25. The predicted octanol–water partition coefficient (Wildman–Crippen LogP) is -0.454. The minimum absolute atomic E-state index is 0.117. The Morgan fingerprint density at radius 1 is 1.67 bits per heavy atom. The van der Waals surface area contributed by atoms with Gasteiger partial charge in [0.2, 0.25) is 5.91 Å². The van der Waals surface area contributed by atoms with E-state index in [1.54, 1.807) is 6.92 Å². The lowest BCUT2D eigenvalue weighted by Crippen LogP contribution is -2.65. The number of hydrogen-bond acceptors (Lipinski definition) is 5. The Hall–Kier alpha value is -1.14. The summed E-state index contributed by atoms with van der Waals surface area (Å²) in [6.45, 7) is 3.05. The topological polar surface area (TPSA) is 76.1 Å². The quantitative estimate of drug-likeness (QED) is 0.678. The molecule has 0 radical (unpaired) electrons. The zero-order chi connectivity index (χ0) is 13.7. The van der Waals surface area contributed by atoms with E-state index in [-0.39, 0.29) is 12.0 Å². The summed E-state index contributed by atoms with van der Waals surface area (Å²) in [5.41, 5.74) is -2.49. The standard InChI is InChI=1S/C12H19NO5/c1-7-5-8-9(15)13(3)12(6-14,10(16)17-4)11(8,2)18-7/h7-8,14H,5-6H2,1-4H3/t7?,8-,11-,12-/m0/s1. The van der Waals surface area contributed by atoms with Crippen LogP contribution in [0.1, 0.15) is 20.3 Å². The molecular weight excluding hydrogens is 238 g/mol. The Balaban J connectivity index is 2.57. The molecule has 2 aliphatic rings. The second kappa shape index (κ2) is 3.93. The summed E-state index contributed by atoms with van der Waals surface area (Å²) in [6, 6.07) is 0. The van der Waals surface area contributed by atoms with Crippen LogP contribution in [0.4, 0.5) is 0 Å². The number of aliphatic hydroxyl groups is 1. The number of rotatable bonds is 2. The Labute approximate surface area is 106 Å². The van der Waals surface area contributed by atoms with Crippen molar-refractivity contribution in [3.63, 3.8) is 0 Å². The fourth-order valence-electron chi connectivity index (χ4n) is 3.42. The molecule has 1 amide bonds. The highest BCUT2D eigenvalue weighted by Gasteiger charge is 2.73. The molecule has 6 heteroatoms. The molecule has 2 saturated heterocycles. The molecule has 4 atom stereocenters. The molecule has 1 N–H and O–H groups in total. The largest absolute Gasteiger partial charge is 0.467 e. The van der Waals surface area contributed by atoms with E-state index in [1.807, 2.05) is 6.92 Å². The number of nitrogens with zero attached hydrogens (tertiary/aromatic N) is 1. The maximum absolute atomic E-state index is 12.3. The van der Waals surface area contributed by atoms with Crippen molar-refractivity contribution in [1.82, 2.24) is 4.90 Å². The monoisotopic (exact) mass is 257 g/mol. The Kier molecular flexibility index (Phi) is 2.90. The summed E-state index contributed by atoms with van der Waals surface area (Å²) >= 11 is 0. The number of carbonyl (C=O) groups is 2. The van der Waals surface area contributed by atoms with Gasteiger partial charge in [0.15, 0.2) is 5.54 Å². The fraction of sp³-hybridized carbons (Fsp3) is 0.833. The van der Waals surface area contributed by atoms with Gasteiger partial charge in [-0.15, -0.1) is 0 Å². The molecule has 2 aliphatic heterocycles. The van der Waals surface area contributed by atoms with Crippen LogP contribution in [0.2, 0.25) is 0 Å². The van der Waals surface area contributed by atoms with Gasteiger partial charge in [-0.2, -0.15) is 0 Å². The first kappa shape index (κ1) is 13.3. The SMILES string of the molecule is COC(=O)[C@]1(CO)N(C)C(=O)[C@@H]2CC(C)O[C@@]21C. The summed E-state index contributed by atoms with van der Waals surface area (Å²) in [5.74, 6) is -1.23. The van der Waals surface area contributed by atoms with Gasteiger partial charge in [0.05, 0.1) is 25.7 Å². The molecule has 102 valence electrons. The second-order valence-electron chi connectivity index (χ2n) is 5.23. The number of ether oxygens (including phenoxy) is 2. The van der Waals surface area contributed by atoms with Gasteiger partial charge < -0.3 is 19.5 Å². The van der Waals surface area contributed by atoms with E-state index in [0.29, 0.717) is 6.42 Å². The number of esters is 1. The summed E-state index contributed by atoms with van der Waals surface area (Å²) in [6.07, 6.45) is 0.437. The van der Waals surface area contributed by atoms with Gasteiger partial charge in [-0.05, 0) is 20.3 Å². The molecule has 0 bridgehead atoms. The molecule has 0 aromatic rings. The van der Waals surface area contributed by atoms with Crippen molar-refractivity contribution in [2.75, 3.05) is 20.8 Å². The highest BCUT2D eigenvalue weighted by atomic mass is 16.5. The van der Waals surface area contributed by atoms with E-state index in [4.69, 9.17) is 9.47 Å². The molecule has 2 fully saturated rings. The first-order valence-corrected chi connectivity index (χ1v) is 6.00. The van der Waals surface area contributed by atoms with Gasteiger partial charge >= 0.3 is 5.97 Å². The second-order valence-corrected chi connectivity index (χ2v) is 5.23. The molecule has 2 heterocycles. The fourth-order valence-corrected chi connectivity index (χ4v) is 3.42. The first-order chi connectivity index (χ1) is 8.35. The Bertz CT molecular complexity index is 398. The van der Waals surface area contributed by atoms with Crippen molar-refractivity contribution < 1.29 is 24.2 Å². The van der Waals surface area contributed by atoms with E-state index in [9.17, 15) is 14.7 Å². The zero-order valence-electron chi connectivity index (χ0n) is 11.1. The number of carbonyl (C=O) groups excluding carboxylic acids is 2. The smallest absolute Gasteiger partial charge is 0.337 e. The van der Waals surface area contributed by atoms with Gasteiger partial charge in [0.1, 0.15) is 5.60 Å². The predicted molar refractivity (Wildman–Crippen MR) is 61.7 cm³/mol. The van der Waals surface area contributed by atoms with Gasteiger partial charge in [-0.1, -0.05) is 0 Å². The number of likely N-dealkylation sites (N-methyl/N-ethyl adjacent to an activating group) is 1. The lowest BCUT2D eigenvalue weighted by atomic mass is 9.77. The maximum atomic E-state index is 12.3. The average Bonchev–Trinajstić information content (AvgIpc) is 2.71. The maximum Gasteiger partial charge on any atom is 0.337 e. The van der Waals surface area contributed by atoms with Crippen LogP contribution in [-0.4, -0.2) is 59.9 Å². The number of aliphatic hydroxyl groups excluding tert-OH is 1. The third-order valence-corrected chi connectivity index (χ3v) is 4.45. The van der Waals surface area contributed by atoms with Gasteiger partial charge in [0.25, 0.3) is 0 Å². The van der Waals surface area contributed by atoms with Crippen molar-refractivity contribution >= 4 is 11.9 Å². The van der Waals surface area contributed by atoms with Crippen molar-refractivity contribution in [2.45, 2.75) is 37.5 Å². The number of hydrogen-bond donors (Lipinski definition) is 1. The molecule has 6 nitrogen and oxygen atoms in total. The molecule has 0 aromatic carbocycles. The number of likely N-dealkylation sites (tertiary alicyclic amines) is 1. The van der Waals surface area contributed by atoms with Crippen LogP contribution in [-0.2, 0) is 19.1 Å². The number of methoxy groups -OCH3 is 1. The minimum atomic E-state index is -1.45. The first-order valence-electron chi connectivity index (χ1n) is 6.00. The van der Waals surface area contributed by atoms with Crippen LogP contribution in [0.15, 0.2) is 0 Å². The Morgan fingerprint density at radius 2 is 2.28 bits per heavy atom. The van der Waals surface area contributed by atoms with Crippen molar-refractivity contribution in [3.05, 3.63) is 0 Å². The summed E-state index contributed by atoms with van der Waals surface area (Å²) < 4.78 is 10.6. The number of fused-ring (bicyclic) bond motifs is 1. The van der Waals surface area contributed by atoms with Gasteiger partial charge in [-0.25, -0.2) is 4.79 Å². The van der Waals surface area contributed by atoms with Crippen LogP contribution in [0.3, 0.4) is 0 Å². The highest BCUT2D eigenvalue weighted by molar-refractivity contribution is 5.96. The van der Waals surface area contributed by atoms with Crippen LogP contribution in [0.5, 0.6) is 0 Å². The normalized spacial score (nSPS) is 43.2. The van der Waals surface area contributed by atoms with E-state index in [2.05, 4.69) is 0 Å². The molecule has 1 unspecified atom stereocenters. The molecule has 0 spiro atoms. The van der Waals surface area contributed by atoms with Crippen LogP contribution >= 0.6 is 0 Å². The van der Waals surface area contributed by atoms with Crippen LogP contribution in [0.25, 0.3) is 0 Å². The van der Waals surface area contributed by atoms with E-state index >= 15 is 0 Å². The van der Waals surface area contributed by atoms with Crippen molar-refractivity contribution in [3.8, 4) is 0 Å². The summed E-state index contributed by atoms with van der Waals surface area (Å²) in [7, 11) is 2.75. The van der Waals surface area contributed by atoms with Crippen LogP contribution in [0, 0.1) is 5.92 Å². The molecular formula is C12H19NO5. The molecule has 18 heavy (non-hydrogen) atoms. The van der Waals surface area contributed by atoms with E-state index < -0.39 is 29.6 Å². The summed E-state index contributed by atoms with van der Waals surface area (Å²) in [4.78, 5) is 25.7. The third-order valence-electron chi connectivity index (χ3n) is 4.45. The van der Waals surface area contributed by atoms with E-state index in [0.717, 1.165) is 0 Å². The lowest BCUT2D eigenvalue weighted by molar-refractivity contribution is -0.179. The number of amides is 1.